The molecule has 1 aliphatic heterocycles. The van der Waals surface area contributed by atoms with Crippen LogP contribution in [0.25, 0.3) is 5.69 Å². The summed E-state index contributed by atoms with van der Waals surface area (Å²) in [7, 11) is 1.54. The minimum absolute atomic E-state index is 0.0104. The van der Waals surface area contributed by atoms with Crippen LogP contribution in [0.2, 0.25) is 5.02 Å². The third-order valence-electron chi connectivity index (χ3n) is 5.53. The summed E-state index contributed by atoms with van der Waals surface area (Å²) in [5.41, 5.74) is 2.94. The van der Waals surface area contributed by atoms with E-state index in [1.165, 1.54) is 7.11 Å². The van der Waals surface area contributed by atoms with Gasteiger partial charge in [-0.2, -0.15) is 0 Å². The number of carbonyl (C=O) groups is 2. The van der Waals surface area contributed by atoms with Crippen molar-refractivity contribution in [1.29, 1.82) is 0 Å². The summed E-state index contributed by atoms with van der Waals surface area (Å²) in [6, 6.07) is 14.8. The summed E-state index contributed by atoms with van der Waals surface area (Å²) in [4.78, 5) is 29.4. The highest BCUT2D eigenvalue weighted by molar-refractivity contribution is 6.33. The molecule has 0 radical (unpaired) electrons. The molecule has 160 valence electrons. The van der Waals surface area contributed by atoms with Crippen LogP contribution in [0, 0.1) is 6.92 Å². The van der Waals surface area contributed by atoms with Gasteiger partial charge in [-0.25, -0.2) is 0 Å². The van der Waals surface area contributed by atoms with Crippen LogP contribution in [-0.4, -0.2) is 59.5 Å². The number of carbonyl (C=O) groups excluding carboxylic acids is 2. The summed E-state index contributed by atoms with van der Waals surface area (Å²) in [5.74, 6) is 0.306. The normalized spacial score (nSPS) is 13.9. The van der Waals surface area contributed by atoms with Gasteiger partial charge in [0.1, 0.15) is 5.75 Å². The molecule has 1 saturated heterocycles. The number of hydrogen-bond acceptors (Lipinski definition) is 3. The van der Waals surface area contributed by atoms with Gasteiger partial charge in [-0.15, -0.1) is 0 Å². The monoisotopic (exact) mass is 437 g/mol. The Morgan fingerprint density at radius 3 is 2.06 bits per heavy atom. The Kier molecular flexibility index (Phi) is 6.00. The lowest BCUT2D eigenvalue weighted by Crippen LogP contribution is -2.50. The first kappa shape index (κ1) is 21.0. The highest BCUT2D eigenvalue weighted by atomic mass is 35.5. The SMILES string of the molecule is COc1cc(-n2cccc2)c(Cl)cc1C(=O)N1CCN(C(=O)c2ccc(C)cc2)CC1. The van der Waals surface area contributed by atoms with Crippen LogP contribution in [0.4, 0.5) is 0 Å². The van der Waals surface area contributed by atoms with Crippen molar-refractivity contribution in [3.8, 4) is 11.4 Å². The first-order valence-corrected chi connectivity index (χ1v) is 10.5. The van der Waals surface area contributed by atoms with Gasteiger partial charge in [-0.05, 0) is 37.3 Å². The summed E-state index contributed by atoms with van der Waals surface area (Å²) in [5, 5.41) is 0.466. The van der Waals surface area contributed by atoms with Gasteiger partial charge in [0.25, 0.3) is 11.8 Å². The Morgan fingerprint density at radius 2 is 1.48 bits per heavy atom. The highest BCUT2D eigenvalue weighted by Crippen LogP contribution is 2.31. The Balaban J connectivity index is 1.48. The van der Waals surface area contributed by atoms with Crippen molar-refractivity contribution < 1.29 is 14.3 Å². The summed E-state index contributed by atoms with van der Waals surface area (Å²) in [6.07, 6.45) is 3.76. The van der Waals surface area contributed by atoms with Crippen LogP contribution in [-0.2, 0) is 0 Å². The molecule has 6 nitrogen and oxygen atoms in total. The predicted molar refractivity (Wildman–Crippen MR) is 120 cm³/mol. The largest absolute Gasteiger partial charge is 0.496 e. The maximum absolute atomic E-state index is 13.2. The van der Waals surface area contributed by atoms with Gasteiger partial charge in [-0.1, -0.05) is 29.3 Å². The Morgan fingerprint density at radius 1 is 0.903 bits per heavy atom. The van der Waals surface area contributed by atoms with Crippen LogP contribution >= 0.6 is 11.6 Å². The second kappa shape index (κ2) is 8.86. The van der Waals surface area contributed by atoms with Crippen molar-refractivity contribution >= 4 is 23.4 Å². The summed E-state index contributed by atoms with van der Waals surface area (Å²) < 4.78 is 7.36. The first-order chi connectivity index (χ1) is 15.0. The number of piperazine rings is 1. The Bertz CT molecular complexity index is 1090. The average Bonchev–Trinajstić information content (AvgIpc) is 3.33. The van der Waals surface area contributed by atoms with Crippen LogP contribution in [0.1, 0.15) is 26.3 Å². The van der Waals surface area contributed by atoms with Crippen molar-refractivity contribution in [1.82, 2.24) is 14.4 Å². The number of rotatable bonds is 4. The van der Waals surface area contributed by atoms with E-state index in [9.17, 15) is 9.59 Å². The second-order valence-corrected chi connectivity index (χ2v) is 7.95. The first-order valence-electron chi connectivity index (χ1n) is 10.1. The molecule has 0 aliphatic carbocycles. The number of aromatic nitrogens is 1. The zero-order chi connectivity index (χ0) is 22.0. The molecule has 31 heavy (non-hydrogen) atoms. The molecule has 3 aromatic rings. The average molecular weight is 438 g/mol. The molecule has 4 rings (SSSR count). The minimum atomic E-state index is -0.153. The van der Waals surface area contributed by atoms with Gasteiger partial charge in [0.05, 0.1) is 23.4 Å². The molecule has 0 N–H and O–H groups in total. The zero-order valence-corrected chi connectivity index (χ0v) is 18.3. The van der Waals surface area contributed by atoms with Gasteiger partial charge in [0.2, 0.25) is 0 Å². The third kappa shape index (κ3) is 4.30. The lowest BCUT2D eigenvalue weighted by Gasteiger charge is -2.35. The zero-order valence-electron chi connectivity index (χ0n) is 17.5. The highest BCUT2D eigenvalue weighted by Gasteiger charge is 2.27. The van der Waals surface area contributed by atoms with E-state index in [4.69, 9.17) is 16.3 Å². The van der Waals surface area contributed by atoms with Crippen LogP contribution in [0.15, 0.2) is 60.9 Å². The number of halogens is 1. The molecule has 1 aromatic heterocycles. The van der Waals surface area contributed by atoms with E-state index in [1.54, 1.807) is 21.9 Å². The summed E-state index contributed by atoms with van der Waals surface area (Å²) in [6.45, 7) is 3.86. The van der Waals surface area contributed by atoms with Crippen molar-refractivity contribution in [2.45, 2.75) is 6.92 Å². The van der Waals surface area contributed by atoms with Crippen LogP contribution in [0.5, 0.6) is 5.75 Å². The molecule has 1 aliphatic rings. The van der Waals surface area contributed by atoms with E-state index in [1.807, 2.05) is 60.3 Å². The van der Waals surface area contributed by atoms with Gasteiger partial charge in [0, 0.05) is 50.2 Å². The number of ether oxygens (including phenoxy) is 1. The number of nitrogens with zero attached hydrogens (tertiary/aromatic N) is 3. The van der Waals surface area contributed by atoms with Crippen LogP contribution in [0.3, 0.4) is 0 Å². The molecule has 0 spiro atoms. The molecular formula is C24H24ClN3O3. The van der Waals surface area contributed by atoms with Crippen molar-refractivity contribution in [3.05, 3.63) is 82.6 Å². The lowest BCUT2D eigenvalue weighted by molar-refractivity contribution is 0.0533. The number of aryl methyl sites for hydroxylation is 1. The maximum atomic E-state index is 13.2. The van der Waals surface area contributed by atoms with E-state index in [0.29, 0.717) is 48.1 Å². The fraction of sp³-hybridized carbons (Fsp3) is 0.250. The molecule has 7 heteroatoms. The predicted octanol–water partition coefficient (Wildman–Crippen LogP) is 4.05. The van der Waals surface area contributed by atoms with Crippen molar-refractivity contribution in [2.24, 2.45) is 0 Å². The lowest BCUT2D eigenvalue weighted by atomic mass is 10.1. The molecule has 2 amide bonds. The standard InChI is InChI=1S/C24H24ClN3O3/c1-17-5-7-18(8-6-17)23(29)27-11-13-28(14-12-27)24(30)19-15-20(25)21(16-22(19)31-2)26-9-3-4-10-26/h3-10,15-16H,11-14H2,1-2H3. The molecule has 1 fully saturated rings. The van der Waals surface area contributed by atoms with Crippen molar-refractivity contribution in [3.63, 3.8) is 0 Å². The molecule has 0 bridgehead atoms. The fourth-order valence-corrected chi connectivity index (χ4v) is 3.99. The van der Waals surface area contributed by atoms with Gasteiger partial charge in [0.15, 0.2) is 0 Å². The van der Waals surface area contributed by atoms with Gasteiger partial charge < -0.3 is 19.1 Å². The Labute approximate surface area is 186 Å². The molecule has 0 atom stereocenters. The van der Waals surface area contributed by atoms with Gasteiger partial charge in [-0.3, -0.25) is 9.59 Å². The smallest absolute Gasteiger partial charge is 0.257 e. The molecular weight excluding hydrogens is 414 g/mol. The molecule has 2 heterocycles. The maximum Gasteiger partial charge on any atom is 0.257 e. The fourth-order valence-electron chi connectivity index (χ4n) is 3.73. The van der Waals surface area contributed by atoms with E-state index < -0.39 is 0 Å². The number of hydrogen-bond donors (Lipinski definition) is 0. The molecule has 0 saturated carbocycles. The number of methoxy groups -OCH3 is 1. The van der Waals surface area contributed by atoms with E-state index in [2.05, 4.69) is 0 Å². The van der Waals surface area contributed by atoms with E-state index in [-0.39, 0.29) is 11.8 Å². The molecule has 2 aromatic carbocycles. The quantitative estimate of drug-likeness (QED) is 0.618. The topological polar surface area (TPSA) is 54.8 Å². The molecule has 0 unspecified atom stereocenters. The summed E-state index contributed by atoms with van der Waals surface area (Å²) >= 11 is 6.48. The van der Waals surface area contributed by atoms with Crippen LogP contribution < -0.4 is 4.74 Å². The van der Waals surface area contributed by atoms with E-state index in [0.717, 1.165) is 11.3 Å². The number of amides is 2. The van der Waals surface area contributed by atoms with Crippen molar-refractivity contribution in [2.75, 3.05) is 33.3 Å². The van der Waals surface area contributed by atoms with E-state index >= 15 is 0 Å². The van der Waals surface area contributed by atoms with Gasteiger partial charge >= 0.3 is 0 Å². The minimum Gasteiger partial charge on any atom is -0.496 e. The second-order valence-electron chi connectivity index (χ2n) is 7.54. The number of benzene rings is 2. The third-order valence-corrected chi connectivity index (χ3v) is 5.84. The Hall–Kier alpha value is -3.25.